The number of hydrogen-bond donors (Lipinski definition) is 0. The number of carbonyl (C=O) groups is 1. The van der Waals surface area contributed by atoms with Crippen molar-refractivity contribution < 1.29 is 9.53 Å². The van der Waals surface area contributed by atoms with Crippen LogP contribution in [0.2, 0.25) is 0 Å². The molecule has 0 aliphatic heterocycles. The Morgan fingerprint density at radius 2 is 2.14 bits per heavy atom. The summed E-state index contributed by atoms with van der Waals surface area (Å²) in [6.07, 6.45) is 0. The minimum absolute atomic E-state index is 0.0608. The van der Waals surface area contributed by atoms with Gasteiger partial charge in [-0.15, -0.1) is 0 Å². The number of methoxy groups -OCH3 is 1. The van der Waals surface area contributed by atoms with E-state index in [9.17, 15) is 4.79 Å². The molecule has 0 spiro atoms. The van der Waals surface area contributed by atoms with Gasteiger partial charge in [0.2, 0.25) is 0 Å². The molecule has 0 saturated carbocycles. The van der Waals surface area contributed by atoms with Gasteiger partial charge in [-0.2, -0.15) is 0 Å². The number of hydrogen-bond acceptors (Lipinski definition) is 2. The molecule has 0 saturated heterocycles. The van der Waals surface area contributed by atoms with Crippen LogP contribution in [0.15, 0.2) is 22.7 Å². The molecular weight excluding hydrogens is 312 g/mol. The highest BCUT2D eigenvalue weighted by atomic mass is 79.9. The van der Waals surface area contributed by atoms with Crippen molar-refractivity contribution >= 4 is 37.6 Å². The molecule has 0 radical (unpaired) electrons. The van der Waals surface area contributed by atoms with Gasteiger partial charge in [-0.05, 0) is 19.1 Å². The molecule has 1 rings (SSSR count). The maximum atomic E-state index is 11.2. The van der Waals surface area contributed by atoms with Crippen LogP contribution >= 0.6 is 31.9 Å². The number of Topliss-reactive ketones (excluding diaryl/α,β-unsaturated/α-hetero) is 1. The Labute approximate surface area is 99.9 Å². The third-order valence-corrected chi connectivity index (χ3v) is 3.46. The van der Waals surface area contributed by atoms with Gasteiger partial charge in [0.15, 0.2) is 0 Å². The van der Waals surface area contributed by atoms with Crippen LogP contribution in [0.5, 0.6) is 5.75 Å². The number of ketones is 1. The standard InChI is InChI=1S/C10H10Br2O2/c1-6(13)10(12)8-4-3-7(11)5-9(8)14-2/h3-5,10H,1-2H3. The Morgan fingerprint density at radius 3 is 2.64 bits per heavy atom. The van der Waals surface area contributed by atoms with Gasteiger partial charge in [0.05, 0.1) is 7.11 Å². The second kappa shape index (κ2) is 4.94. The number of alkyl halides is 1. The summed E-state index contributed by atoms with van der Waals surface area (Å²) in [7, 11) is 1.59. The van der Waals surface area contributed by atoms with Crippen molar-refractivity contribution in [1.82, 2.24) is 0 Å². The predicted molar refractivity (Wildman–Crippen MR) is 63.0 cm³/mol. The lowest BCUT2D eigenvalue weighted by molar-refractivity contribution is -0.116. The van der Waals surface area contributed by atoms with E-state index in [0.717, 1.165) is 10.0 Å². The van der Waals surface area contributed by atoms with Crippen LogP contribution in [0.1, 0.15) is 17.3 Å². The molecule has 1 atom stereocenters. The first-order valence-electron chi connectivity index (χ1n) is 4.04. The van der Waals surface area contributed by atoms with Crippen molar-refractivity contribution in [3.05, 3.63) is 28.2 Å². The predicted octanol–water partition coefficient (Wildman–Crippen LogP) is 3.48. The topological polar surface area (TPSA) is 26.3 Å². The number of ether oxygens (including phenoxy) is 1. The average molecular weight is 322 g/mol. The monoisotopic (exact) mass is 320 g/mol. The van der Waals surface area contributed by atoms with Crippen molar-refractivity contribution in [2.45, 2.75) is 11.8 Å². The Kier molecular flexibility index (Phi) is 4.13. The molecule has 0 aliphatic carbocycles. The fourth-order valence-electron chi connectivity index (χ4n) is 1.11. The van der Waals surface area contributed by atoms with Crippen LogP contribution in [-0.4, -0.2) is 12.9 Å². The van der Waals surface area contributed by atoms with Gasteiger partial charge in [-0.3, -0.25) is 4.79 Å². The van der Waals surface area contributed by atoms with E-state index >= 15 is 0 Å². The van der Waals surface area contributed by atoms with E-state index in [-0.39, 0.29) is 10.6 Å². The third kappa shape index (κ3) is 2.58. The molecule has 2 nitrogen and oxygen atoms in total. The minimum atomic E-state index is -0.300. The Hall–Kier alpha value is -0.350. The quantitative estimate of drug-likeness (QED) is 0.797. The van der Waals surface area contributed by atoms with Gasteiger partial charge in [0.1, 0.15) is 16.4 Å². The number of carbonyl (C=O) groups excluding carboxylic acids is 1. The van der Waals surface area contributed by atoms with Gasteiger partial charge in [-0.25, -0.2) is 0 Å². The average Bonchev–Trinajstić information content (AvgIpc) is 2.16. The van der Waals surface area contributed by atoms with Gasteiger partial charge < -0.3 is 4.74 Å². The lowest BCUT2D eigenvalue weighted by Crippen LogP contribution is -2.03. The number of rotatable bonds is 3. The second-order valence-corrected chi connectivity index (χ2v) is 4.69. The summed E-state index contributed by atoms with van der Waals surface area (Å²) in [5, 5.41) is 0. The summed E-state index contributed by atoms with van der Waals surface area (Å²) in [4.78, 5) is 10.9. The summed E-state index contributed by atoms with van der Waals surface area (Å²) in [5.41, 5.74) is 0.850. The van der Waals surface area contributed by atoms with Crippen LogP contribution < -0.4 is 4.74 Å². The van der Waals surface area contributed by atoms with Crippen LogP contribution in [0, 0.1) is 0 Å². The molecule has 14 heavy (non-hydrogen) atoms. The number of halogens is 2. The van der Waals surface area contributed by atoms with E-state index < -0.39 is 0 Å². The van der Waals surface area contributed by atoms with Gasteiger partial charge in [0, 0.05) is 10.0 Å². The highest BCUT2D eigenvalue weighted by molar-refractivity contribution is 9.10. The van der Waals surface area contributed by atoms with E-state index in [0.29, 0.717) is 5.75 Å². The van der Waals surface area contributed by atoms with Gasteiger partial charge in [-0.1, -0.05) is 37.9 Å². The van der Waals surface area contributed by atoms with Crippen molar-refractivity contribution in [2.75, 3.05) is 7.11 Å². The first-order valence-corrected chi connectivity index (χ1v) is 5.75. The molecule has 1 aromatic rings. The lowest BCUT2D eigenvalue weighted by atomic mass is 10.1. The maximum Gasteiger partial charge on any atom is 0.147 e. The lowest BCUT2D eigenvalue weighted by Gasteiger charge is -2.11. The van der Waals surface area contributed by atoms with Crippen molar-refractivity contribution in [3.63, 3.8) is 0 Å². The van der Waals surface area contributed by atoms with E-state index in [1.807, 2.05) is 18.2 Å². The summed E-state index contributed by atoms with van der Waals surface area (Å²) in [6.45, 7) is 1.54. The zero-order valence-corrected chi connectivity index (χ0v) is 11.1. The summed E-state index contributed by atoms with van der Waals surface area (Å²) < 4.78 is 6.12. The first-order chi connectivity index (χ1) is 6.56. The van der Waals surface area contributed by atoms with E-state index in [1.165, 1.54) is 0 Å². The van der Waals surface area contributed by atoms with E-state index in [2.05, 4.69) is 31.9 Å². The smallest absolute Gasteiger partial charge is 0.147 e. The zero-order chi connectivity index (χ0) is 10.7. The second-order valence-electron chi connectivity index (χ2n) is 2.86. The number of benzene rings is 1. The molecule has 0 heterocycles. The Morgan fingerprint density at radius 1 is 1.50 bits per heavy atom. The van der Waals surface area contributed by atoms with Crippen molar-refractivity contribution in [2.24, 2.45) is 0 Å². The molecule has 0 fully saturated rings. The van der Waals surface area contributed by atoms with E-state index in [4.69, 9.17) is 4.74 Å². The largest absolute Gasteiger partial charge is 0.496 e. The van der Waals surface area contributed by atoms with Gasteiger partial charge in [0.25, 0.3) is 0 Å². The SMILES string of the molecule is COc1cc(Br)ccc1C(Br)C(C)=O. The summed E-state index contributed by atoms with van der Waals surface area (Å²) >= 11 is 6.66. The Balaban J connectivity index is 3.13. The van der Waals surface area contributed by atoms with Crippen molar-refractivity contribution in [3.8, 4) is 5.75 Å². The van der Waals surface area contributed by atoms with Crippen LogP contribution in [-0.2, 0) is 4.79 Å². The first kappa shape index (κ1) is 11.7. The highest BCUT2D eigenvalue weighted by Gasteiger charge is 2.17. The molecule has 0 amide bonds. The normalized spacial score (nSPS) is 12.3. The third-order valence-electron chi connectivity index (χ3n) is 1.83. The molecule has 0 N–H and O–H groups in total. The molecule has 1 unspecified atom stereocenters. The summed E-state index contributed by atoms with van der Waals surface area (Å²) in [5.74, 6) is 0.766. The van der Waals surface area contributed by atoms with Crippen LogP contribution in [0.4, 0.5) is 0 Å². The Bertz CT molecular complexity index is 350. The fraction of sp³-hybridized carbons (Fsp3) is 0.300. The van der Waals surface area contributed by atoms with Crippen molar-refractivity contribution in [1.29, 1.82) is 0 Å². The van der Waals surface area contributed by atoms with Crippen LogP contribution in [0.25, 0.3) is 0 Å². The molecule has 1 aromatic carbocycles. The van der Waals surface area contributed by atoms with Crippen LogP contribution in [0.3, 0.4) is 0 Å². The van der Waals surface area contributed by atoms with Gasteiger partial charge >= 0.3 is 0 Å². The highest BCUT2D eigenvalue weighted by Crippen LogP contribution is 2.33. The molecule has 0 bridgehead atoms. The molecule has 0 aromatic heterocycles. The minimum Gasteiger partial charge on any atom is -0.496 e. The molecule has 76 valence electrons. The fourth-order valence-corrected chi connectivity index (χ4v) is 1.83. The molecular formula is C10H10Br2O2. The van der Waals surface area contributed by atoms with E-state index in [1.54, 1.807) is 14.0 Å². The molecule has 4 heteroatoms. The zero-order valence-electron chi connectivity index (χ0n) is 7.88. The molecule has 0 aliphatic rings. The summed E-state index contributed by atoms with van der Waals surface area (Å²) in [6, 6.07) is 5.59. The maximum absolute atomic E-state index is 11.2.